The molecule has 0 spiro atoms. The van der Waals surface area contributed by atoms with Crippen molar-refractivity contribution in [3.63, 3.8) is 0 Å². The molecule has 0 aliphatic carbocycles. The fraction of sp³-hybridized carbons (Fsp3) is 0.211. The number of benzene rings is 2. The van der Waals surface area contributed by atoms with Gasteiger partial charge in [-0.05, 0) is 24.6 Å². The van der Waals surface area contributed by atoms with E-state index in [2.05, 4.69) is 27.6 Å². The number of methoxy groups -OCH3 is 1. The molecule has 0 saturated carbocycles. The number of ether oxygens (including phenoxy) is 2. The van der Waals surface area contributed by atoms with Crippen LogP contribution < -0.4 is 14.8 Å². The van der Waals surface area contributed by atoms with Crippen molar-refractivity contribution in [3.8, 4) is 11.5 Å². The molecule has 9 heteroatoms. The number of nitrogens with one attached hydrogen (secondary N) is 1. The zero-order valence-electron chi connectivity index (χ0n) is 15.3. The quantitative estimate of drug-likeness (QED) is 0.390. The molecule has 28 heavy (non-hydrogen) atoms. The normalized spacial score (nSPS) is 10.5. The first kappa shape index (κ1) is 20.4. The van der Waals surface area contributed by atoms with Crippen LogP contribution in [0.25, 0.3) is 0 Å². The number of aromatic nitrogens is 2. The Morgan fingerprint density at radius 2 is 2.04 bits per heavy atom. The molecule has 3 aromatic rings. The molecular weight excluding hydrogens is 418 g/mol. The fourth-order valence-electron chi connectivity index (χ4n) is 2.34. The van der Waals surface area contributed by atoms with E-state index in [0.29, 0.717) is 33.8 Å². The summed E-state index contributed by atoms with van der Waals surface area (Å²) in [6, 6.07) is 13.2. The van der Waals surface area contributed by atoms with Gasteiger partial charge in [0.1, 0.15) is 0 Å². The van der Waals surface area contributed by atoms with Crippen molar-refractivity contribution >= 4 is 45.7 Å². The molecule has 1 N–H and O–H groups in total. The van der Waals surface area contributed by atoms with E-state index in [4.69, 9.17) is 21.1 Å². The lowest BCUT2D eigenvalue weighted by atomic mass is 10.2. The molecule has 146 valence electrons. The largest absolute Gasteiger partial charge is 0.493 e. The summed E-state index contributed by atoms with van der Waals surface area (Å²) in [6.45, 7) is 2.29. The SMILES string of the molecule is CCOc1c(Cl)cc(C(=O)Nc2nnc(SCc3ccccc3)s2)cc1OC. The molecule has 0 bridgehead atoms. The minimum atomic E-state index is -0.348. The Hall–Kier alpha value is -2.29. The van der Waals surface area contributed by atoms with E-state index in [0.717, 1.165) is 10.1 Å². The van der Waals surface area contributed by atoms with Crippen molar-refractivity contribution in [2.24, 2.45) is 0 Å². The van der Waals surface area contributed by atoms with Crippen molar-refractivity contribution in [2.75, 3.05) is 19.0 Å². The molecule has 0 aliphatic rings. The Morgan fingerprint density at radius 1 is 1.25 bits per heavy atom. The average molecular weight is 436 g/mol. The Bertz CT molecular complexity index is 951. The number of hydrogen-bond acceptors (Lipinski definition) is 7. The lowest BCUT2D eigenvalue weighted by Gasteiger charge is -2.12. The lowest BCUT2D eigenvalue weighted by molar-refractivity contribution is 0.102. The Labute approximate surface area is 176 Å². The second kappa shape index (κ2) is 9.77. The van der Waals surface area contributed by atoms with Gasteiger partial charge < -0.3 is 9.47 Å². The van der Waals surface area contributed by atoms with E-state index in [-0.39, 0.29) is 5.91 Å². The summed E-state index contributed by atoms with van der Waals surface area (Å²) in [5.74, 6) is 1.25. The molecule has 0 atom stereocenters. The van der Waals surface area contributed by atoms with Gasteiger partial charge in [-0.25, -0.2) is 0 Å². The maximum atomic E-state index is 12.6. The van der Waals surface area contributed by atoms with Crippen LogP contribution in [0.15, 0.2) is 46.8 Å². The maximum Gasteiger partial charge on any atom is 0.257 e. The molecule has 1 aromatic heterocycles. The van der Waals surface area contributed by atoms with Gasteiger partial charge in [0.2, 0.25) is 5.13 Å². The van der Waals surface area contributed by atoms with E-state index in [1.807, 2.05) is 25.1 Å². The molecular formula is C19H18ClN3O3S2. The summed E-state index contributed by atoms with van der Waals surface area (Å²) in [6.07, 6.45) is 0. The average Bonchev–Trinajstić information content (AvgIpc) is 3.16. The highest BCUT2D eigenvalue weighted by Gasteiger charge is 2.17. The van der Waals surface area contributed by atoms with Crippen molar-refractivity contribution in [3.05, 3.63) is 58.6 Å². The molecule has 1 heterocycles. The minimum absolute atomic E-state index is 0.308. The number of hydrogen-bond donors (Lipinski definition) is 1. The van der Waals surface area contributed by atoms with Crippen LogP contribution in [0.2, 0.25) is 5.02 Å². The molecule has 6 nitrogen and oxygen atoms in total. The van der Waals surface area contributed by atoms with E-state index < -0.39 is 0 Å². The zero-order chi connectivity index (χ0) is 19.9. The van der Waals surface area contributed by atoms with Crippen LogP contribution in [0.1, 0.15) is 22.8 Å². The van der Waals surface area contributed by atoms with Gasteiger partial charge in [0.25, 0.3) is 5.91 Å². The topological polar surface area (TPSA) is 73.3 Å². The molecule has 3 rings (SSSR count). The number of anilines is 1. The maximum absolute atomic E-state index is 12.6. The third-order valence-corrected chi connectivity index (χ3v) is 5.94. The smallest absolute Gasteiger partial charge is 0.257 e. The number of thioether (sulfide) groups is 1. The summed E-state index contributed by atoms with van der Waals surface area (Å²) in [7, 11) is 1.50. The van der Waals surface area contributed by atoms with Crippen molar-refractivity contribution in [1.29, 1.82) is 0 Å². The third-order valence-electron chi connectivity index (χ3n) is 3.61. The number of carbonyl (C=O) groups is 1. The molecule has 1 amide bonds. The van der Waals surface area contributed by atoms with Crippen LogP contribution in [0, 0.1) is 0 Å². The van der Waals surface area contributed by atoms with E-state index >= 15 is 0 Å². The number of nitrogens with zero attached hydrogens (tertiary/aromatic N) is 2. The van der Waals surface area contributed by atoms with Crippen LogP contribution in [0.3, 0.4) is 0 Å². The predicted octanol–water partition coefficient (Wildman–Crippen LogP) is 5.14. The van der Waals surface area contributed by atoms with Gasteiger partial charge in [-0.3, -0.25) is 10.1 Å². The van der Waals surface area contributed by atoms with E-state index in [9.17, 15) is 4.79 Å². The van der Waals surface area contributed by atoms with E-state index in [1.165, 1.54) is 30.1 Å². The van der Waals surface area contributed by atoms with Gasteiger partial charge in [0.15, 0.2) is 15.8 Å². The molecule has 0 aliphatic heterocycles. The highest BCUT2D eigenvalue weighted by Crippen LogP contribution is 2.37. The summed E-state index contributed by atoms with van der Waals surface area (Å²) >= 11 is 9.12. The predicted molar refractivity (Wildman–Crippen MR) is 113 cm³/mol. The standard InChI is InChI=1S/C19H18ClN3O3S2/c1-3-26-16-14(20)9-13(10-15(16)25-2)17(24)21-18-22-23-19(28-18)27-11-12-7-5-4-6-8-12/h4-10H,3,11H2,1-2H3,(H,21,22,24). The van der Waals surface area contributed by atoms with Crippen LogP contribution in [0.4, 0.5) is 5.13 Å². The van der Waals surface area contributed by atoms with Crippen LogP contribution >= 0.6 is 34.7 Å². The Morgan fingerprint density at radius 3 is 2.75 bits per heavy atom. The summed E-state index contributed by atoms with van der Waals surface area (Å²) in [5.41, 5.74) is 1.54. The first-order chi connectivity index (χ1) is 13.6. The fourth-order valence-corrected chi connectivity index (χ4v) is 4.31. The Balaban J connectivity index is 1.66. The number of halogens is 1. The van der Waals surface area contributed by atoms with Gasteiger partial charge >= 0.3 is 0 Å². The van der Waals surface area contributed by atoms with Crippen LogP contribution in [-0.2, 0) is 5.75 Å². The van der Waals surface area contributed by atoms with Crippen molar-refractivity contribution < 1.29 is 14.3 Å². The van der Waals surface area contributed by atoms with Gasteiger partial charge in [-0.2, -0.15) is 0 Å². The summed E-state index contributed by atoms with van der Waals surface area (Å²) in [5, 5.41) is 11.6. The molecule has 0 unspecified atom stereocenters. The first-order valence-corrected chi connectivity index (χ1v) is 10.6. The molecule has 0 saturated heterocycles. The highest BCUT2D eigenvalue weighted by molar-refractivity contribution is 8.00. The first-order valence-electron chi connectivity index (χ1n) is 8.42. The number of amides is 1. The monoisotopic (exact) mass is 435 g/mol. The van der Waals surface area contributed by atoms with Gasteiger partial charge in [-0.15, -0.1) is 10.2 Å². The van der Waals surface area contributed by atoms with Gasteiger partial charge in [0, 0.05) is 11.3 Å². The van der Waals surface area contributed by atoms with E-state index in [1.54, 1.807) is 17.8 Å². The van der Waals surface area contributed by atoms with Gasteiger partial charge in [0.05, 0.1) is 18.7 Å². The second-order valence-electron chi connectivity index (χ2n) is 5.52. The highest BCUT2D eigenvalue weighted by atomic mass is 35.5. The molecule has 0 fully saturated rings. The van der Waals surface area contributed by atoms with Gasteiger partial charge in [-0.1, -0.05) is 65.0 Å². The summed E-state index contributed by atoms with van der Waals surface area (Å²) < 4.78 is 11.5. The van der Waals surface area contributed by atoms with Crippen molar-refractivity contribution in [1.82, 2.24) is 10.2 Å². The lowest BCUT2D eigenvalue weighted by Crippen LogP contribution is -2.12. The molecule has 2 aromatic carbocycles. The molecule has 0 radical (unpaired) electrons. The summed E-state index contributed by atoms with van der Waals surface area (Å²) in [4.78, 5) is 12.6. The number of rotatable bonds is 8. The number of carbonyl (C=O) groups excluding carboxylic acids is 1. The van der Waals surface area contributed by atoms with Crippen LogP contribution in [-0.4, -0.2) is 29.8 Å². The zero-order valence-corrected chi connectivity index (χ0v) is 17.7. The van der Waals surface area contributed by atoms with Crippen LogP contribution in [0.5, 0.6) is 11.5 Å². The second-order valence-corrected chi connectivity index (χ2v) is 8.13. The minimum Gasteiger partial charge on any atom is -0.493 e. The van der Waals surface area contributed by atoms with Crippen molar-refractivity contribution in [2.45, 2.75) is 17.0 Å². The Kier molecular flexibility index (Phi) is 7.13. The third kappa shape index (κ3) is 5.15.